The van der Waals surface area contributed by atoms with Gasteiger partial charge in [0.05, 0.1) is 24.4 Å². The Bertz CT molecular complexity index is 1550. The van der Waals surface area contributed by atoms with E-state index < -0.39 is 29.4 Å². The van der Waals surface area contributed by atoms with E-state index in [1.165, 1.54) is 14.0 Å². The number of nitrogens with one attached hydrogen (secondary N) is 1. The zero-order chi connectivity index (χ0) is 29.5. The summed E-state index contributed by atoms with van der Waals surface area (Å²) in [6.45, 7) is 6.23. The van der Waals surface area contributed by atoms with E-state index in [4.69, 9.17) is 4.74 Å². The Kier molecular flexibility index (Phi) is 7.52. The number of benzene rings is 2. The molecule has 1 fully saturated rings. The minimum Gasteiger partial charge on any atom is -0.497 e. The molecule has 5 rings (SSSR count). The smallest absolute Gasteiger partial charge is 0.433 e. The second-order valence-corrected chi connectivity index (χ2v) is 10.6. The van der Waals surface area contributed by atoms with Gasteiger partial charge >= 0.3 is 6.18 Å². The largest absolute Gasteiger partial charge is 0.497 e. The molecule has 0 amide bonds. The van der Waals surface area contributed by atoms with Crippen LogP contribution in [0.2, 0.25) is 0 Å². The predicted molar refractivity (Wildman–Crippen MR) is 150 cm³/mol. The van der Waals surface area contributed by atoms with Crippen LogP contribution in [0, 0.1) is 6.92 Å². The summed E-state index contributed by atoms with van der Waals surface area (Å²) in [5.41, 5.74) is -0.802. The lowest BCUT2D eigenvalue weighted by Gasteiger charge is -2.51. The number of hydrogen-bond acceptors (Lipinski definition) is 7. The topological polar surface area (TPSA) is 92.0 Å². The van der Waals surface area contributed by atoms with Crippen molar-refractivity contribution in [2.45, 2.75) is 44.5 Å². The molecule has 2 aromatic heterocycles. The van der Waals surface area contributed by atoms with Gasteiger partial charge in [0.15, 0.2) is 23.4 Å². The van der Waals surface area contributed by atoms with Crippen molar-refractivity contribution in [1.29, 1.82) is 0 Å². The molecular weight excluding hydrogens is 535 g/mol. The molecule has 0 spiro atoms. The van der Waals surface area contributed by atoms with E-state index in [0.717, 1.165) is 10.1 Å². The molecule has 0 aliphatic carbocycles. The molecule has 2 aromatic carbocycles. The zero-order valence-electron chi connectivity index (χ0n) is 23.2. The summed E-state index contributed by atoms with van der Waals surface area (Å²) in [6, 6.07) is 16.0. The number of carbonyl (C=O) groups excluding carboxylic acids is 1. The first-order chi connectivity index (χ1) is 19.5. The summed E-state index contributed by atoms with van der Waals surface area (Å²) in [6.07, 6.45) is -5.08. The van der Waals surface area contributed by atoms with Gasteiger partial charge in [-0.1, -0.05) is 30.3 Å². The molecular formula is C30H32F3N5O3. The Morgan fingerprint density at radius 1 is 1.15 bits per heavy atom. The van der Waals surface area contributed by atoms with E-state index in [2.05, 4.69) is 15.4 Å². The molecule has 0 bridgehead atoms. The number of aliphatic hydroxyl groups excluding tert-OH is 1. The highest BCUT2D eigenvalue weighted by Crippen LogP contribution is 2.42. The highest BCUT2D eigenvalue weighted by atomic mass is 19.4. The molecule has 4 aromatic rings. The number of hydrogen-bond donors (Lipinski definition) is 2. The van der Waals surface area contributed by atoms with E-state index in [-0.39, 0.29) is 28.3 Å². The molecule has 216 valence electrons. The van der Waals surface area contributed by atoms with Crippen molar-refractivity contribution in [1.82, 2.24) is 19.9 Å². The van der Waals surface area contributed by atoms with Crippen LogP contribution in [0.5, 0.6) is 5.75 Å². The maximum atomic E-state index is 14.6. The average molecular weight is 568 g/mol. The molecule has 2 N–H and O–H groups in total. The SMILES string of the molecule is COc1ccc(-c2nc3c(C=O)c(N4CCNC[C@@]4(C)[C@@H](c4ccccc4)[C@@H](C)O)nn3c(C(F)(F)F)c2C)cc1. The van der Waals surface area contributed by atoms with Gasteiger partial charge in [-0.25, -0.2) is 9.50 Å². The van der Waals surface area contributed by atoms with Crippen molar-refractivity contribution in [2.24, 2.45) is 0 Å². The summed E-state index contributed by atoms with van der Waals surface area (Å²) < 4.78 is 49.8. The predicted octanol–water partition coefficient (Wildman–Crippen LogP) is 4.88. The number of halogens is 3. The third-order valence-electron chi connectivity index (χ3n) is 7.95. The number of ether oxygens (including phenoxy) is 1. The minimum absolute atomic E-state index is 0.0456. The van der Waals surface area contributed by atoms with Crippen LogP contribution in [0.3, 0.4) is 0 Å². The fraction of sp³-hybridized carbons (Fsp3) is 0.367. The third-order valence-corrected chi connectivity index (χ3v) is 7.95. The van der Waals surface area contributed by atoms with E-state index in [1.807, 2.05) is 42.2 Å². The van der Waals surface area contributed by atoms with Gasteiger partial charge < -0.3 is 20.1 Å². The van der Waals surface area contributed by atoms with Crippen molar-refractivity contribution >= 4 is 17.8 Å². The number of rotatable bonds is 7. The van der Waals surface area contributed by atoms with Crippen LogP contribution in [-0.4, -0.2) is 64.4 Å². The fourth-order valence-electron chi connectivity index (χ4n) is 6.13. The van der Waals surface area contributed by atoms with Crippen LogP contribution in [-0.2, 0) is 6.18 Å². The highest BCUT2D eigenvalue weighted by Gasteiger charge is 2.47. The Morgan fingerprint density at radius 2 is 1.83 bits per heavy atom. The maximum Gasteiger partial charge on any atom is 0.433 e. The first kappa shape index (κ1) is 28.6. The van der Waals surface area contributed by atoms with E-state index in [1.54, 1.807) is 31.2 Å². The average Bonchev–Trinajstić information content (AvgIpc) is 3.29. The van der Waals surface area contributed by atoms with Crippen LogP contribution in [0.15, 0.2) is 54.6 Å². The molecule has 8 nitrogen and oxygen atoms in total. The zero-order valence-corrected chi connectivity index (χ0v) is 23.2. The van der Waals surface area contributed by atoms with Gasteiger partial charge in [0.25, 0.3) is 0 Å². The van der Waals surface area contributed by atoms with E-state index >= 15 is 0 Å². The lowest BCUT2D eigenvalue weighted by atomic mass is 9.75. The highest BCUT2D eigenvalue weighted by molar-refractivity contribution is 5.93. The summed E-state index contributed by atoms with van der Waals surface area (Å²) in [4.78, 5) is 19.0. The molecule has 0 saturated carbocycles. The molecule has 1 aliphatic rings. The molecule has 0 unspecified atom stereocenters. The monoisotopic (exact) mass is 567 g/mol. The first-order valence-electron chi connectivity index (χ1n) is 13.3. The second-order valence-electron chi connectivity index (χ2n) is 10.6. The van der Waals surface area contributed by atoms with Crippen LogP contribution in [0.25, 0.3) is 16.9 Å². The van der Waals surface area contributed by atoms with E-state index in [0.29, 0.717) is 37.2 Å². The van der Waals surface area contributed by atoms with Gasteiger partial charge in [0, 0.05) is 36.7 Å². The van der Waals surface area contributed by atoms with Crippen LogP contribution < -0.4 is 15.0 Å². The summed E-state index contributed by atoms with van der Waals surface area (Å²) in [5.74, 6) is 0.190. The molecule has 11 heteroatoms. The Balaban J connectivity index is 1.76. The normalized spacial score (nSPS) is 19.3. The molecule has 0 radical (unpaired) electrons. The quantitative estimate of drug-likeness (QED) is 0.308. The standard InChI is InChI=1S/C30H32F3N5O3/c1-18-25(21-10-12-22(41-4)13-11-21)35-27-23(16-39)28(36-38(27)26(18)30(31,32)33)37-15-14-34-17-29(37,3)24(19(2)40)20-8-6-5-7-9-20/h5-13,16,19,24,34,40H,14-15,17H2,1-4H3/t19-,24-,29+/m1/s1. The van der Waals surface area contributed by atoms with Gasteiger partial charge in [-0.15, -0.1) is 5.10 Å². The molecule has 3 atom stereocenters. The van der Waals surface area contributed by atoms with Crippen molar-refractivity contribution < 1.29 is 27.8 Å². The first-order valence-corrected chi connectivity index (χ1v) is 13.3. The third kappa shape index (κ3) is 4.93. The van der Waals surface area contributed by atoms with Crippen molar-refractivity contribution in [3.05, 3.63) is 77.0 Å². The van der Waals surface area contributed by atoms with Gasteiger partial charge in [-0.2, -0.15) is 13.2 Å². The minimum atomic E-state index is -4.78. The lowest BCUT2D eigenvalue weighted by molar-refractivity contribution is -0.143. The number of carbonyl (C=O) groups is 1. The lowest BCUT2D eigenvalue weighted by Crippen LogP contribution is -2.64. The Hall–Kier alpha value is -3.96. The summed E-state index contributed by atoms with van der Waals surface area (Å²) >= 11 is 0. The number of anilines is 1. The Morgan fingerprint density at radius 3 is 2.41 bits per heavy atom. The van der Waals surface area contributed by atoms with E-state index in [9.17, 15) is 23.1 Å². The van der Waals surface area contributed by atoms with Crippen LogP contribution in [0.1, 0.15) is 46.9 Å². The Labute approximate surface area is 235 Å². The molecule has 3 heterocycles. The summed E-state index contributed by atoms with van der Waals surface area (Å²) in [7, 11) is 1.50. The van der Waals surface area contributed by atoms with Crippen molar-refractivity contribution in [3.8, 4) is 17.0 Å². The molecule has 41 heavy (non-hydrogen) atoms. The number of aromatic nitrogens is 3. The number of aldehydes is 1. The van der Waals surface area contributed by atoms with Gasteiger partial charge in [-0.3, -0.25) is 4.79 Å². The van der Waals surface area contributed by atoms with Crippen molar-refractivity contribution in [2.75, 3.05) is 31.6 Å². The maximum absolute atomic E-state index is 14.6. The number of piperazine rings is 1. The van der Waals surface area contributed by atoms with Gasteiger partial charge in [-0.05, 0) is 50.6 Å². The molecule has 1 saturated heterocycles. The number of alkyl halides is 3. The number of aliphatic hydroxyl groups is 1. The van der Waals surface area contributed by atoms with Crippen molar-refractivity contribution in [3.63, 3.8) is 0 Å². The molecule has 1 aliphatic heterocycles. The van der Waals surface area contributed by atoms with Gasteiger partial charge in [0.2, 0.25) is 0 Å². The van der Waals surface area contributed by atoms with Crippen LogP contribution >= 0.6 is 0 Å². The number of methoxy groups -OCH3 is 1. The van der Waals surface area contributed by atoms with Crippen LogP contribution in [0.4, 0.5) is 19.0 Å². The second kappa shape index (κ2) is 10.8. The number of nitrogens with zero attached hydrogens (tertiary/aromatic N) is 4. The van der Waals surface area contributed by atoms with Gasteiger partial charge in [0.1, 0.15) is 11.3 Å². The number of fused-ring (bicyclic) bond motifs is 1. The fourth-order valence-corrected chi connectivity index (χ4v) is 6.13. The summed E-state index contributed by atoms with van der Waals surface area (Å²) in [5, 5.41) is 18.8.